The van der Waals surface area contributed by atoms with Crippen LogP contribution < -0.4 is 20.1 Å². The van der Waals surface area contributed by atoms with Crippen molar-refractivity contribution in [2.45, 2.75) is 53.1 Å². The largest absolute Gasteiger partial charge is 0.493 e. The number of nitrogens with one attached hydrogen (secondary N) is 2. The molecule has 2 N–H and O–H groups in total. The van der Waals surface area contributed by atoms with Crippen LogP contribution in [0.25, 0.3) is 0 Å². The number of carbonyl (C=O) groups excluding carboxylic acids is 2. The zero-order chi connectivity index (χ0) is 24.7. The summed E-state index contributed by atoms with van der Waals surface area (Å²) in [5.41, 5.74) is 2.52. The van der Waals surface area contributed by atoms with Crippen LogP contribution in [0.15, 0.2) is 42.5 Å². The van der Waals surface area contributed by atoms with Gasteiger partial charge in [-0.3, -0.25) is 14.5 Å². The zero-order valence-electron chi connectivity index (χ0n) is 20.9. The fraction of sp³-hybridized carbons (Fsp3) is 0.481. The molecule has 2 aromatic carbocycles. The molecule has 0 aromatic heterocycles. The van der Waals surface area contributed by atoms with Gasteiger partial charge in [-0.1, -0.05) is 33.8 Å². The second-order valence-corrected chi connectivity index (χ2v) is 9.53. The Kier molecular flexibility index (Phi) is 8.93. The van der Waals surface area contributed by atoms with Gasteiger partial charge in [0.05, 0.1) is 19.8 Å². The topological polar surface area (TPSA) is 79.9 Å². The second kappa shape index (κ2) is 11.9. The molecule has 0 unspecified atom stereocenters. The third-order valence-electron chi connectivity index (χ3n) is 5.80. The third-order valence-corrected chi connectivity index (χ3v) is 5.80. The summed E-state index contributed by atoms with van der Waals surface area (Å²) in [6.07, 6.45) is 1.80. The minimum atomic E-state index is -0.192. The van der Waals surface area contributed by atoms with Crippen LogP contribution in [0.5, 0.6) is 11.5 Å². The Hall–Kier alpha value is -3.06. The summed E-state index contributed by atoms with van der Waals surface area (Å²) in [4.78, 5) is 27.1. The van der Waals surface area contributed by atoms with Gasteiger partial charge >= 0.3 is 0 Å². The molecule has 3 rings (SSSR count). The van der Waals surface area contributed by atoms with Crippen molar-refractivity contribution in [1.29, 1.82) is 0 Å². The molecule has 0 spiro atoms. The van der Waals surface area contributed by atoms with Gasteiger partial charge < -0.3 is 20.1 Å². The number of likely N-dealkylation sites (tertiary alicyclic amines) is 1. The fourth-order valence-corrected chi connectivity index (χ4v) is 3.88. The highest BCUT2D eigenvalue weighted by Crippen LogP contribution is 2.30. The molecule has 2 amide bonds. The average Bonchev–Trinajstić information content (AvgIpc) is 3.27. The van der Waals surface area contributed by atoms with Crippen molar-refractivity contribution in [3.63, 3.8) is 0 Å². The Labute approximate surface area is 202 Å². The summed E-state index contributed by atoms with van der Waals surface area (Å²) in [5, 5.41) is 5.89. The molecule has 0 bridgehead atoms. The predicted octanol–water partition coefficient (Wildman–Crippen LogP) is 4.93. The summed E-state index contributed by atoms with van der Waals surface area (Å²) < 4.78 is 11.4. The van der Waals surface area contributed by atoms with E-state index in [1.54, 1.807) is 19.2 Å². The SMILES string of the molecule is COc1ccc(CN2CCC[C@H]2C(=O)Nc2ccc(NC(=O)C(C)C)cc2)cc1OCC(C)C. The van der Waals surface area contributed by atoms with Crippen molar-refractivity contribution < 1.29 is 19.1 Å². The smallest absolute Gasteiger partial charge is 0.241 e. The molecular formula is C27H37N3O4. The van der Waals surface area contributed by atoms with E-state index in [1.165, 1.54) is 0 Å². The molecule has 1 heterocycles. The number of hydrogen-bond acceptors (Lipinski definition) is 5. The van der Waals surface area contributed by atoms with Gasteiger partial charge in [-0.2, -0.15) is 0 Å². The van der Waals surface area contributed by atoms with Crippen LogP contribution in [-0.4, -0.2) is 43.0 Å². The number of ether oxygens (including phenoxy) is 2. The molecule has 34 heavy (non-hydrogen) atoms. The molecule has 0 saturated carbocycles. The summed E-state index contributed by atoms with van der Waals surface area (Å²) in [7, 11) is 1.64. The zero-order valence-corrected chi connectivity index (χ0v) is 20.9. The van der Waals surface area contributed by atoms with Gasteiger partial charge in [0.15, 0.2) is 11.5 Å². The van der Waals surface area contributed by atoms with Crippen LogP contribution in [-0.2, 0) is 16.1 Å². The van der Waals surface area contributed by atoms with E-state index in [2.05, 4.69) is 29.4 Å². The molecular weight excluding hydrogens is 430 g/mol. The first-order valence-corrected chi connectivity index (χ1v) is 12.0. The maximum atomic E-state index is 13.0. The Bertz CT molecular complexity index is 972. The van der Waals surface area contributed by atoms with Crippen LogP contribution in [0.1, 0.15) is 46.1 Å². The van der Waals surface area contributed by atoms with Crippen molar-refractivity contribution in [2.75, 3.05) is 30.9 Å². The number of rotatable bonds is 10. The number of nitrogens with zero attached hydrogens (tertiary/aromatic N) is 1. The number of methoxy groups -OCH3 is 1. The van der Waals surface area contributed by atoms with Crippen molar-refractivity contribution in [2.24, 2.45) is 11.8 Å². The summed E-state index contributed by atoms with van der Waals surface area (Å²) in [6.45, 7) is 10.1. The molecule has 1 saturated heterocycles. The Morgan fingerprint density at radius 1 is 1.00 bits per heavy atom. The normalized spacial score (nSPS) is 16.0. The van der Waals surface area contributed by atoms with E-state index in [1.807, 2.05) is 44.2 Å². The molecule has 184 valence electrons. The average molecular weight is 468 g/mol. The van der Waals surface area contributed by atoms with E-state index >= 15 is 0 Å². The summed E-state index contributed by atoms with van der Waals surface area (Å²) in [6, 6.07) is 13.0. The highest BCUT2D eigenvalue weighted by Gasteiger charge is 2.31. The number of amides is 2. The van der Waals surface area contributed by atoms with Gasteiger partial charge in [0.2, 0.25) is 11.8 Å². The van der Waals surface area contributed by atoms with E-state index < -0.39 is 0 Å². The van der Waals surface area contributed by atoms with Crippen molar-refractivity contribution in [3.8, 4) is 11.5 Å². The molecule has 1 aliphatic heterocycles. The lowest BCUT2D eigenvalue weighted by atomic mass is 10.1. The van der Waals surface area contributed by atoms with E-state index in [4.69, 9.17) is 9.47 Å². The Morgan fingerprint density at radius 2 is 1.68 bits per heavy atom. The standard InChI is InChI=1S/C27H37N3O4/c1-18(2)17-34-25-15-20(8-13-24(25)33-5)16-30-14-6-7-23(30)27(32)29-22-11-9-21(10-12-22)28-26(31)19(3)4/h8-13,15,18-19,23H,6-7,14,16-17H2,1-5H3,(H,28,31)(H,29,32)/t23-/m0/s1. The van der Waals surface area contributed by atoms with Gasteiger partial charge in [0.1, 0.15) is 0 Å². The maximum absolute atomic E-state index is 13.0. The molecule has 7 heteroatoms. The molecule has 7 nitrogen and oxygen atoms in total. The highest BCUT2D eigenvalue weighted by molar-refractivity contribution is 5.96. The van der Waals surface area contributed by atoms with E-state index in [-0.39, 0.29) is 23.8 Å². The first kappa shape index (κ1) is 25.6. The van der Waals surface area contributed by atoms with Crippen molar-refractivity contribution in [1.82, 2.24) is 4.90 Å². The molecule has 1 atom stereocenters. The quantitative estimate of drug-likeness (QED) is 0.518. The first-order valence-electron chi connectivity index (χ1n) is 12.0. The van der Waals surface area contributed by atoms with Crippen molar-refractivity contribution in [3.05, 3.63) is 48.0 Å². The lowest BCUT2D eigenvalue weighted by Crippen LogP contribution is -2.39. The number of hydrogen-bond donors (Lipinski definition) is 2. The van der Waals surface area contributed by atoms with E-state index in [0.717, 1.165) is 30.7 Å². The van der Waals surface area contributed by atoms with Gasteiger partial charge in [-0.25, -0.2) is 0 Å². The predicted molar refractivity (Wildman–Crippen MR) is 135 cm³/mol. The summed E-state index contributed by atoms with van der Waals surface area (Å²) >= 11 is 0. The van der Waals surface area contributed by atoms with Gasteiger partial charge in [-0.05, 0) is 67.3 Å². The van der Waals surface area contributed by atoms with Crippen LogP contribution in [0, 0.1) is 11.8 Å². The maximum Gasteiger partial charge on any atom is 0.241 e. The number of carbonyl (C=O) groups is 2. The second-order valence-electron chi connectivity index (χ2n) is 9.53. The van der Waals surface area contributed by atoms with Crippen LogP contribution >= 0.6 is 0 Å². The number of anilines is 2. The van der Waals surface area contributed by atoms with Gasteiger partial charge in [-0.15, -0.1) is 0 Å². The van der Waals surface area contributed by atoms with Crippen molar-refractivity contribution >= 4 is 23.2 Å². The Morgan fingerprint density at radius 3 is 2.29 bits per heavy atom. The lowest BCUT2D eigenvalue weighted by molar-refractivity contribution is -0.120. The molecule has 0 aliphatic carbocycles. The van der Waals surface area contributed by atoms with Crippen LogP contribution in [0.3, 0.4) is 0 Å². The van der Waals surface area contributed by atoms with E-state index in [0.29, 0.717) is 36.2 Å². The number of benzene rings is 2. The monoisotopic (exact) mass is 467 g/mol. The van der Waals surface area contributed by atoms with E-state index in [9.17, 15) is 9.59 Å². The molecule has 1 fully saturated rings. The van der Waals surface area contributed by atoms with Crippen LogP contribution in [0.4, 0.5) is 11.4 Å². The minimum absolute atomic E-state index is 0.0127. The Balaban J connectivity index is 1.62. The van der Waals surface area contributed by atoms with Crippen LogP contribution in [0.2, 0.25) is 0 Å². The third kappa shape index (κ3) is 6.97. The molecule has 2 aromatic rings. The lowest BCUT2D eigenvalue weighted by Gasteiger charge is -2.24. The highest BCUT2D eigenvalue weighted by atomic mass is 16.5. The van der Waals surface area contributed by atoms with Gasteiger partial charge in [0.25, 0.3) is 0 Å². The molecule has 1 aliphatic rings. The first-order chi connectivity index (χ1) is 16.3. The minimum Gasteiger partial charge on any atom is -0.493 e. The van der Waals surface area contributed by atoms with Gasteiger partial charge in [0, 0.05) is 23.8 Å². The molecule has 0 radical (unpaired) electrons. The summed E-state index contributed by atoms with van der Waals surface area (Å²) in [5.74, 6) is 1.74. The fourth-order valence-electron chi connectivity index (χ4n) is 3.88.